The molecule has 1 unspecified atom stereocenters. The quantitative estimate of drug-likeness (QED) is 0.435. The molecule has 0 heterocycles. The van der Waals surface area contributed by atoms with Gasteiger partial charge in [0.2, 0.25) is 0 Å². The Labute approximate surface area is 186 Å². The van der Waals surface area contributed by atoms with Crippen LogP contribution in [0.5, 0.6) is 11.5 Å². The van der Waals surface area contributed by atoms with E-state index in [1.807, 2.05) is 54.6 Å². The number of carbonyl (C=O) groups is 1. The minimum absolute atomic E-state index is 0.0224. The van der Waals surface area contributed by atoms with Gasteiger partial charge < -0.3 is 9.84 Å². The first-order valence-corrected chi connectivity index (χ1v) is 10.5. The van der Waals surface area contributed by atoms with Gasteiger partial charge in [-0.2, -0.15) is 0 Å². The van der Waals surface area contributed by atoms with Crippen LogP contribution >= 0.6 is 11.6 Å². The fourth-order valence-electron chi connectivity index (χ4n) is 3.77. The van der Waals surface area contributed by atoms with Gasteiger partial charge in [-0.05, 0) is 54.8 Å². The molecule has 1 aliphatic carbocycles. The van der Waals surface area contributed by atoms with Crippen LogP contribution in [-0.2, 0) is 4.79 Å². The number of halogens is 1. The van der Waals surface area contributed by atoms with Gasteiger partial charge in [-0.15, -0.1) is 0 Å². The number of benzene rings is 3. The van der Waals surface area contributed by atoms with Crippen molar-refractivity contribution >= 4 is 28.8 Å². The number of para-hydroxylation sites is 2. The second kappa shape index (κ2) is 9.19. The van der Waals surface area contributed by atoms with Crippen molar-refractivity contribution in [2.75, 3.05) is 0 Å². The van der Waals surface area contributed by atoms with Crippen LogP contribution in [0.4, 0.5) is 5.69 Å². The molecule has 3 aromatic carbocycles. The number of nitrogens with zero attached hydrogens (tertiary/aromatic N) is 1. The smallest absolute Gasteiger partial charge is 0.168 e. The van der Waals surface area contributed by atoms with Gasteiger partial charge in [-0.1, -0.05) is 54.1 Å². The number of hydrogen-bond acceptors (Lipinski definition) is 4. The van der Waals surface area contributed by atoms with Crippen LogP contribution in [0.1, 0.15) is 31.2 Å². The van der Waals surface area contributed by atoms with E-state index in [0.29, 0.717) is 46.3 Å². The molecule has 4 nitrogen and oxygen atoms in total. The van der Waals surface area contributed by atoms with Gasteiger partial charge >= 0.3 is 0 Å². The van der Waals surface area contributed by atoms with Crippen molar-refractivity contribution in [3.63, 3.8) is 0 Å². The number of ether oxygens (including phenoxy) is 1. The number of aliphatic hydroxyl groups is 1. The maximum absolute atomic E-state index is 12.9. The number of rotatable bonds is 5. The Morgan fingerprint density at radius 2 is 1.65 bits per heavy atom. The number of ketones is 1. The maximum Gasteiger partial charge on any atom is 0.168 e. The average Bonchev–Trinajstić information content (AvgIpc) is 2.77. The monoisotopic (exact) mass is 431 g/mol. The molecular weight excluding hydrogens is 410 g/mol. The van der Waals surface area contributed by atoms with Crippen LogP contribution < -0.4 is 4.74 Å². The molecule has 0 amide bonds. The third kappa shape index (κ3) is 4.86. The standard InChI is InChI=1S/C26H22ClNO3/c1-17(26-23(29)15-19(16-24(26)30)18-7-3-2-4-8-18)28-22-9-5-6-10-25(22)31-21-13-11-20(27)12-14-21/h2-14,19,29H,15-16H2,1H3. The zero-order valence-corrected chi connectivity index (χ0v) is 17.8. The summed E-state index contributed by atoms with van der Waals surface area (Å²) < 4.78 is 5.95. The van der Waals surface area contributed by atoms with Crippen LogP contribution in [0.3, 0.4) is 0 Å². The largest absolute Gasteiger partial charge is 0.511 e. The van der Waals surface area contributed by atoms with Crippen molar-refractivity contribution in [1.29, 1.82) is 0 Å². The average molecular weight is 432 g/mol. The fourth-order valence-corrected chi connectivity index (χ4v) is 3.89. The number of Topliss-reactive ketones (excluding diaryl/α,β-unsaturated/α-hetero) is 1. The van der Waals surface area contributed by atoms with Crippen LogP contribution in [0.25, 0.3) is 0 Å². The first-order valence-electron chi connectivity index (χ1n) is 10.1. The predicted octanol–water partition coefficient (Wildman–Crippen LogP) is 7.18. The molecule has 1 N–H and O–H groups in total. The van der Waals surface area contributed by atoms with Crippen LogP contribution in [0, 0.1) is 0 Å². The molecule has 0 saturated carbocycles. The molecule has 5 heteroatoms. The van der Waals surface area contributed by atoms with E-state index >= 15 is 0 Å². The minimum Gasteiger partial charge on any atom is -0.511 e. The summed E-state index contributed by atoms with van der Waals surface area (Å²) in [4.78, 5) is 17.5. The SMILES string of the molecule is CC(=Nc1ccccc1Oc1ccc(Cl)cc1)C1=C(O)CC(c2ccccc2)CC1=O. The van der Waals surface area contributed by atoms with Crippen molar-refractivity contribution in [2.45, 2.75) is 25.7 Å². The zero-order valence-electron chi connectivity index (χ0n) is 17.1. The second-order valence-corrected chi connectivity index (χ2v) is 7.92. The molecule has 0 saturated heterocycles. The molecule has 0 aromatic heterocycles. The predicted molar refractivity (Wildman–Crippen MR) is 124 cm³/mol. The number of allylic oxidation sites excluding steroid dienone is 2. The normalized spacial score (nSPS) is 17.0. The number of hydrogen-bond donors (Lipinski definition) is 1. The van der Waals surface area contributed by atoms with Crippen LogP contribution in [-0.4, -0.2) is 16.6 Å². The highest BCUT2D eigenvalue weighted by molar-refractivity contribution is 6.30. The summed E-state index contributed by atoms with van der Waals surface area (Å²) in [6, 6.07) is 24.2. The third-order valence-electron chi connectivity index (χ3n) is 5.27. The van der Waals surface area contributed by atoms with E-state index in [1.165, 1.54) is 0 Å². The van der Waals surface area contributed by atoms with Gasteiger partial charge in [-0.25, -0.2) is 4.99 Å². The lowest BCUT2D eigenvalue weighted by atomic mass is 9.81. The topological polar surface area (TPSA) is 58.9 Å². The Hall–Kier alpha value is -3.37. The third-order valence-corrected chi connectivity index (χ3v) is 5.52. The molecule has 0 fully saturated rings. The van der Waals surface area contributed by atoms with E-state index in [-0.39, 0.29) is 17.5 Å². The lowest BCUT2D eigenvalue weighted by molar-refractivity contribution is -0.116. The van der Waals surface area contributed by atoms with E-state index in [2.05, 4.69) is 4.99 Å². The van der Waals surface area contributed by atoms with Crippen molar-refractivity contribution in [2.24, 2.45) is 4.99 Å². The van der Waals surface area contributed by atoms with Gasteiger partial charge in [0.15, 0.2) is 11.5 Å². The van der Waals surface area contributed by atoms with E-state index in [9.17, 15) is 9.90 Å². The number of aliphatic hydroxyl groups excluding tert-OH is 1. The lowest BCUT2D eigenvalue weighted by Gasteiger charge is -2.23. The van der Waals surface area contributed by atoms with Crippen molar-refractivity contribution < 1.29 is 14.6 Å². The van der Waals surface area contributed by atoms with Gasteiger partial charge in [0.25, 0.3) is 0 Å². The van der Waals surface area contributed by atoms with E-state index in [1.54, 1.807) is 31.2 Å². The summed E-state index contributed by atoms with van der Waals surface area (Å²) in [7, 11) is 0. The van der Waals surface area contributed by atoms with Gasteiger partial charge in [0.05, 0.1) is 11.3 Å². The Morgan fingerprint density at radius 3 is 2.35 bits per heavy atom. The summed E-state index contributed by atoms with van der Waals surface area (Å²) in [6.45, 7) is 1.74. The van der Waals surface area contributed by atoms with E-state index in [0.717, 1.165) is 5.56 Å². The van der Waals surface area contributed by atoms with Crippen LogP contribution in [0.2, 0.25) is 5.02 Å². The highest BCUT2D eigenvalue weighted by Crippen LogP contribution is 2.36. The molecule has 0 bridgehead atoms. The minimum atomic E-state index is -0.102. The van der Waals surface area contributed by atoms with Gasteiger partial charge in [0, 0.05) is 17.9 Å². The summed E-state index contributed by atoms with van der Waals surface area (Å²) >= 11 is 5.94. The molecule has 31 heavy (non-hydrogen) atoms. The van der Waals surface area contributed by atoms with Gasteiger partial charge in [0.1, 0.15) is 17.2 Å². The Balaban J connectivity index is 1.61. The molecule has 1 atom stereocenters. The Bertz CT molecular complexity index is 1150. The second-order valence-electron chi connectivity index (χ2n) is 7.48. The summed E-state index contributed by atoms with van der Waals surface area (Å²) in [5.74, 6) is 1.14. The molecule has 0 radical (unpaired) electrons. The molecule has 1 aliphatic rings. The zero-order chi connectivity index (χ0) is 21.8. The Kier molecular flexibility index (Phi) is 6.19. The Morgan fingerprint density at radius 1 is 0.968 bits per heavy atom. The highest BCUT2D eigenvalue weighted by Gasteiger charge is 2.30. The van der Waals surface area contributed by atoms with Crippen molar-refractivity contribution in [3.8, 4) is 11.5 Å². The molecule has 4 rings (SSSR count). The first kappa shape index (κ1) is 20.9. The maximum atomic E-state index is 12.9. The molecule has 3 aromatic rings. The number of aliphatic imine (C=N–C) groups is 1. The fraction of sp³-hybridized carbons (Fsp3) is 0.154. The van der Waals surface area contributed by atoms with Gasteiger partial charge in [-0.3, -0.25) is 4.79 Å². The summed E-state index contributed by atoms with van der Waals surface area (Å²) in [5, 5.41) is 11.3. The molecule has 156 valence electrons. The van der Waals surface area contributed by atoms with E-state index in [4.69, 9.17) is 16.3 Å². The molecule has 0 spiro atoms. The summed E-state index contributed by atoms with van der Waals surface area (Å²) in [5.41, 5.74) is 2.40. The van der Waals surface area contributed by atoms with E-state index < -0.39 is 0 Å². The lowest BCUT2D eigenvalue weighted by Crippen LogP contribution is -2.22. The molecular formula is C26H22ClNO3. The summed E-state index contributed by atoms with van der Waals surface area (Å²) in [6.07, 6.45) is 0.764. The van der Waals surface area contributed by atoms with Crippen molar-refractivity contribution in [3.05, 3.63) is 101 Å². The first-order chi connectivity index (χ1) is 15.0. The highest BCUT2D eigenvalue weighted by atomic mass is 35.5. The van der Waals surface area contributed by atoms with Crippen molar-refractivity contribution in [1.82, 2.24) is 0 Å². The van der Waals surface area contributed by atoms with Crippen LogP contribution in [0.15, 0.2) is 95.2 Å². The number of carbonyl (C=O) groups excluding carboxylic acids is 1. The molecule has 0 aliphatic heterocycles.